The first kappa shape index (κ1) is 14.9. The first-order chi connectivity index (χ1) is 9.52. The number of halogens is 3. The molecule has 20 heavy (non-hydrogen) atoms. The maximum atomic E-state index is 12.6. The molecule has 0 aliphatic rings. The van der Waals surface area contributed by atoms with E-state index in [1.807, 2.05) is 13.0 Å². The van der Waals surface area contributed by atoms with Crippen molar-refractivity contribution in [3.05, 3.63) is 46.2 Å². The molecular weight excluding hydrogens is 287 g/mol. The van der Waals surface area contributed by atoms with Crippen molar-refractivity contribution in [2.45, 2.75) is 25.6 Å². The zero-order chi connectivity index (χ0) is 14.6. The maximum absolute atomic E-state index is 12.6. The van der Waals surface area contributed by atoms with Gasteiger partial charge in [-0.15, -0.1) is 11.3 Å². The SMILES string of the molecule is CCCNC(c1cccnc1)c1cnc(C(F)(F)F)s1. The summed E-state index contributed by atoms with van der Waals surface area (Å²) in [4.78, 5) is 8.03. The molecule has 1 N–H and O–H groups in total. The molecule has 1 unspecified atom stereocenters. The van der Waals surface area contributed by atoms with E-state index in [-0.39, 0.29) is 6.04 Å². The first-order valence-corrected chi connectivity index (χ1v) is 7.00. The highest BCUT2D eigenvalue weighted by Gasteiger charge is 2.35. The standard InChI is InChI=1S/C13H14F3N3S/c1-2-5-18-11(9-4-3-6-17-7-9)10-8-19-12(20-10)13(14,15)16/h3-4,6-8,11,18H,2,5H2,1H3. The highest BCUT2D eigenvalue weighted by Crippen LogP contribution is 2.35. The molecule has 2 aromatic rings. The molecule has 0 fully saturated rings. The molecule has 2 aromatic heterocycles. The Labute approximate surface area is 118 Å². The van der Waals surface area contributed by atoms with Gasteiger partial charge in [0.15, 0.2) is 5.01 Å². The van der Waals surface area contributed by atoms with Crippen LogP contribution in [0.25, 0.3) is 0 Å². The van der Waals surface area contributed by atoms with E-state index in [4.69, 9.17) is 0 Å². The number of pyridine rings is 1. The number of thiazole rings is 1. The van der Waals surface area contributed by atoms with Gasteiger partial charge < -0.3 is 5.32 Å². The lowest BCUT2D eigenvalue weighted by molar-refractivity contribution is -0.137. The lowest BCUT2D eigenvalue weighted by Crippen LogP contribution is -2.22. The van der Waals surface area contributed by atoms with Gasteiger partial charge in [0.1, 0.15) is 0 Å². The van der Waals surface area contributed by atoms with Crippen molar-refractivity contribution in [3.8, 4) is 0 Å². The average molecular weight is 301 g/mol. The lowest BCUT2D eigenvalue weighted by Gasteiger charge is -2.16. The molecule has 1 atom stereocenters. The quantitative estimate of drug-likeness (QED) is 0.916. The molecule has 3 nitrogen and oxygen atoms in total. The van der Waals surface area contributed by atoms with Crippen LogP contribution in [-0.2, 0) is 6.18 Å². The van der Waals surface area contributed by atoms with E-state index in [1.54, 1.807) is 18.5 Å². The number of hydrogen-bond acceptors (Lipinski definition) is 4. The van der Waals surface area contributed by atoms with Gasteiger partial charge in [0, 0.05) is 23.5 Å². The Bertz CT molecular complexity index is 539. The zero-order valence-electron chi connectivity index (χ0n) is 10.8. The molecule has 0 saturated heterocycles. The Hall–Kier alpha value is -1.47. The van der Waals surface area contributed by atoms with Gasteiger partial charge in [-0.3, -0.25) is 4.98 Å². The Morgan fingerprint density at radius 2 is 2.15 bits per heavy atom. The van der Waals surface area contributed by atoms with Crippen LogP contribution in [-0.4, -0.2) is 16.5 Å². The Balaban J connectivity index is 2.29. The van der Waals surface area contributed by atoms with Gasteiger partial charge in [-0.2, -0.15) is 13.2 Å². The third-order valence-corrected chi connectivity index (χ3v) is 3.77. The minimum absolute atomic E-state index is 0.308. The van der Waals surface area contributed by atoms with Crippen LogP contribution in [0.4, 0.5) is 13.2 Å². The highest BCUT2D eigenvalue weighted by atomic mass is 32.1. The molecule has 108 valence electrons. The summed E-state index contributed by atoms with van der Waals surface area (Å²) >= 11 is 0.667. The molecular formula is C13H14F3N3S. The topological polar surface area (TPSA) is 37.8 Å². The monoisotopic (exact) mass is 301 g/mol. The molecule has 0 radical (unpaired) electrons. The second-order valence-electron chi connectivity index (χ2n) is 4.24. The Morgan fingerprint density at radius 3 is 2.70 bits per heavy atom. The summed E-state index contributed by atoms with van der Waals surface area (Å²) in [5.41, 5.74) is 0.832. The summed E-state index contributed by atoms with van der Waals surface area (Å²) in [7, 11) is 0. The molecule has 0 spiro atoms. The summed E-state index contributed by atoms with van der Waals surface area (Å²) in [6.45, 7) is 2.71. The molecule has 7 heteroatoms. The predicted octanol–water partition coefficient (Wildman–Crippen LogP) is 3.65. The van der Waals surface area contributed by atoms with Gasteiger partial charge in [-0.05, 0) is 24.6 Å². The van der Waals surface area contributed by atoms with Crippen LogP contribution < -0.4 is 5.32 Å². The second-order valence-corrected chi connectivity index (χ2v) is 5.30. The molecule has 0 bridgehead atoms. The van der Waals surface area contributed by atoms with Crippen LogP contribution >= 0.6 is 11.3 Å². The van der Waals surface area contributed by atoms with Crippen LogP contribution in [0.15, 0.2) is 30.7 Å². The molecule has 0 amide bonds. The van der Waals surface area contributed by atoms with E-state index in [0.29, 0.717) is 22.8 Å². The Kier molecular flexibility index (Phi) is 4.72. The van der Waals surface area contributed by atoms with Crippen LogP contribution in [0.2, 0.25) is 0 Å². The second kappa shape index (κ2) is 6.32. The largest absolute Gasteiger partial charge is 0.443 e. The van der Waals surface area contributed by atoms with Crippen molar-refractivity contribution in [1.82, 2.24) is 15.3 Å². The summed E-state index contributed by atoms with van der Waals surface area (Å²) < 4.78 is 37.9. The predicted molar refractivity (Wildman–Crippen MR) is 71.5 cm³/mol. The molecule has 2 heterocycles. The van der Waals surface area contributed by atoms with Crippen LogP contribution in [0, 0.1) is 0 Å². The number of alkyl halides is 3. The number of nitrogens with one attached hydrogen (secondary N) is 1. The van der Waals surface area contributed by atoms with Crippen LogP contribution in [0.3, 0.4) is 0 Å². The first-order valence-electron chi connectivity index (χ1n) is 6.18. The molecule has 2 rings (SSSR count). The number of rotatable bonds is 5. The van der Waals surface area contributed by atoms with Crippen molar-refractivity contribution >= 4 is 11.3 Å². The summed E-state index contributed by atoms with van der Waals surface area (Å²) in [5, 5.41) is 2.41. The van der Waals surface area contributed by atoms with Crippen molar-refractivity contribution in [2.24, 2.45) is 0 Å². The van der Waals surface area contributed by atoms with E-state index in [9.17, 15) is 13.2 Å². The highest BCUT2D eigenvalue weighted by molar-refractivity contribution is 7.11. The Morgan fingerprint density at radius 1 is 1.35 bits per heavy atom. The van der Waals surface area contributed by atoms with Crippen LogP contribution in [0.5, 0.6) is 0 Å². The van der Waals surface area contributed by atoms with Crippen molar-refractivity contribution in [1.29, 1.82) is 0 Å². The van der Waals surface area contributed by atoms with Gasteiger partial charge in [-0.25, -0.2) is 4.98 Å². The van der Waals surface area contributed by atoms with E-state index in [0.717, 1.165) is 12.0 Å². The maximum Gasteiger partial charge on any atom is 0.443 e. The third-order valence-electron chi connectivity index (χ3n) is 2.67. The summed E-state index contributed by atoms with van der Waals surface area (Å²) in [5.74, 6) is 0. The normalized spacial score (nSPS) is 13.4. The van der Waals surface area contributed by atoms with Gasteiger partial charge in [0.05, 0.1) is 6.04 Å². The molecule has 0 saturated carbocycles. The van der Waals surface area contributed by atoms with E-state index in [1.165, 1.54) is 6.20 Å². The third kappa shape index (κ3) is 3.55. The number of hydrogen-bond donors (Lipinski definition) is 1. The zero-order valence-corrected chi connectivity index (χ0v) is 11.6. The van der Waals surface area contributed by atoms with Crippen molar-refractivity contribution < 1.29 is 13.2 Å². The van der Waals surface area contributed by atoms with Gasteiger partial charge in [0.2, 0.25) is 0 Å². The minimum Gasteiger partial charge on any atom is -0.306 e. The van der Waals surface area contributed by atoms with E-state index in [2.05, 4.69) is 15.3 Å². The number of nitrogens with zero attached hydrogens (tertiary/aromatic N) is 2. The van der Waals surface area contributed by atoms with E-state index < -0.39 is 11.2 Å². The van der Waals surface area contributed by atoms with Crippen molar-refractivity contribution in [2.75, 3.05) is 6.54 Å². The summed E-state index contributed by atoms with van der Waals surface area (Å²) in [6, 6.07) is 3.30. The molecule has 0 aliphatic carbocycles. The smallest absolute Gasteiger partial charge is 0.306 e. The average Bonchev–Trinajstić information content (AvgIpc) is 2.90. The fraction of sp³-hybridized carbons (Fsp3) is 0.385. The summed E-state index contributed by atoms with van der Waals surface area (Å²) in [6.07, 6.45) is 1.07. The fourth-order valence-electron chi connectivity index (χ4n) is 1.77. The molecule has 0 aliphatic heterocycles. The van der Waals surface area contributed by atoms with Gasteiger partial charge in [0.25, 0.3) is 0 Å². The number of aromatic nitrogens is 2. The van der Waals surface area contributed by atoms with E-state index >= 15 is 0 Å². The van der Waals surface area contributed by atoms with Crippen LogP contribution in [0.1, 0.15) is 34.8 Å². The van der Waals surface area contributed by atoms with Crippen molar-refractivity contribution in [3.63, 3.8) is 0 Å². The molecule has 0 aromatic carbocycles. The fourth-order valence-corrected chi connectivity index (χ4v) is 2.66. The lowest BCUT2D eigenvalue weighted by atomic mass is 10.1. The van der Waals surface area contributed by atoms with Gasteiger partial charge in [-0.1, -0.05) is 13.0 Å². The minimum atomic E-state index is -4.40. The van der Waals surface area contributed by atoms with Gasteiger partial charge >= 0.3 is 6.18 Å².